The van der Waals surface area contributed by atoms with E-state index in [0.717, 1.165) is 0 Å². The van der Waals surface area contributed by atoms with Crippen LogP contribution in [0, 0.1) is 11.8 Å². The van der Waals surface area contributed by atoms with Crippen LogP contribution in [0.3, 0.4) is 0 Å². The molecule has 3 aromatic rings. The van der Waals surface area contributed by atoms with E-state index in [1.165, 1.54) is 25.0 Å². The van der Waals surface area contributed by atoms with Crippen molar-refractivity contribution in [3.05, 3.63) is 72.3 Å². The largest absolute Gasteiger partial charge is 0.481 e. The molecule has 0 saturated heterocycles. The van der Waals surface area contributed by atoms with E-state index in [0.29, 0.717) is 29.8 Å². The Hall–Kier alpha value is -6.86. The molecule has 0 unspecified atom stereocenters. The first-order valence-corrected chi connectivity index (χ1v) is 24.5. The smallest absolute Gasteiger partial charge is 0.327 e. The molecule has 2 aromatic heterocycles. The molecule has 0 aliphatic rings. The summed E-state index contributed by atoms with van der Waals surface area (Å²) in [6.07, 6.45) is 5.77. The molecule has 15 N–H and O–H groups in total. The average Bonchev–Trinajstić information content (AvgIpc) is 4.06. The number of benzene rings is 1. The molecule has 3 rings (SSSR count). The topological polar surface area (TPSA) is 388 Å². The lowest BCUT2D eigenvalue weighted by Crippen LogP contribution is -2.61. The third kappa shape index (κ3) is 21.2. The van der Waals surface area contributed by atoms with Crippen LogP contribution in [0.25, 0.3) is 0 Å². The van der Waals surface area contributed by atoms with Crippen LogP contribution in [0.2, 0.25) is 0 Å². The number of hydrogen-bond acceptors (Lipinski definition) is 14. The Morgan fingerprint density at radius 3 is 1.40 bits per heavy atom. The van der Waals surface area contributed by atoms with Crippen LogP contribution < -0.4 is 48.7 Å². The van der Waals surface area contributed by atoms with Gasteiger partial charge in [-0.15, -0.1) is 0 Å². The first-order valence-electron chi connectivity index (χ1n) is 23.8. The van der Waals surface area contributed by atoms with E-state index >= 15 is 0 Å². The number of thiol groups is 1. The number of unbranched alkanes of at least 4 members (excludes halogenated alkanes) is 1. The fraction of sp³-hybridized carbons (Fsp3) is 0.553. The van der Waals surface area contributed by atoms with E-state index in [2.05, 4.69) is 69.8 Å². The minimum absolute atomic E-state index is 0.0412. The summed E-state index contributed by atoms with van der Waals surface area (Å²) in [6.45, 7) is 7.50. The molecule has 7 amide bonds. The highest BCUT2D eigenvalue weighted by atomic mass is 32.1. The molecule has 0 spiro atoms. The van der Waals surface area contributed by atoms with E-state index in [1.54, 1.807) is 44.2 Å². The van der Waals surface area contributed by atoms with Crippen LogP contribution >= 0.6 is 12.6 Å². The fourth-order valence-corrected chi connectivity index (χ4v) is 7.63. The number of nitrogens with two attached hydrogens (primary N) is 2. The summed E-state index contributed by atoms with van der Waals surface area (Å²) in [7, 11) is 0. The number of hydrogen-bond donors (Lipinski definition) is 14. The second-order valence-corrected chi connectivity index (χ2v) is 18.6. The highest BCUT2D eigenvalue weighted by Crippen LogP contribution is 2.13. The van der Waals surface area contributed by atoms with E-state index in [-0.39, 0.29) is 75.5 Å². The Morgan fingerprint density at radius 1 is 0.569 bits per heavy atom. The number of carboxylic acids is 2. The number of amides is 7. The SMILES string of the molecule is CC(C)C[C@H](NC(=O)[C@H](Cc1cnc[nH]1)NC(=O)[C@H](Cc1cnc[nH]1)NC(=O)[C@H](CCCCN)NC(=O)[C@H](Cc1ccccc1)NC(=O)[C@H](CC(C)C)NC(=O)[C@@H](N)CCC(=O)O)C(=O)N[C@@H](CS)C(=O)O. The van der Waals surface area contributed by atoms with E-state index in [9.17, 15) is 48.3 Å². The number of nitrogens with one attached hydrogen (secondary N) is 9. The summed E-state index contributed by atoms with van der Waals surface area (Å²) in [4.78, 5) is 134. The molecule has 0 aliphatic carbocycles. The van der Waals surface area contributed by atoms with Crippen molar-refractivity contribution in [1.82, 2.24) is 57.2 Å². The Balaban J connectivity index is 1.95. The van der Waals surface area contributed by atoms with Crippen molar-refractivity contribution in [3.8, 4) is 0 Å². The second kappa shape index (κ2) is 30.8. The predicted octanol–water partition coefficient (Wildman–Crippen LogP) is -1.02. The normalized spacial score (nSPS) is 14.6. The molecule has 8 atom stereocenters. The first kappa shape index (κ1) is 59.4. The fourth-order valence-electron chi connectivity index (χ4n) is 7.39. The molecule has 0 bridgehead atoms. The molecule has 0 fully saturated rings. The summed E-state index contributed by atoms with van der Waals surface area (Å²) in [5, 5.41) is 37.2. The molecular formula is C47H71N13O11S. The highest BCUT2D eigenvalue weighted by Gasteiger charge is 2.35. The van der Waals surface area contributed by atoms with Crippen LogP contribution in [-0.4, -0.2) is 144 Å². The van der Waals surface area contributed by atoms with Crippen LogP contribution in [0.15, 0.2) is 55.4 Å². The minimum Gasteiger partial charge on any atom is -0.481 e. The van der Waals surface area contributed by atoms with Gasteiger partial charge in [-0.05, 0) is 62.5 Å². The molecule has 0 saturated carbocycles. The van der Waals surface area contributed by atoms with Crippen molar-refractivity contribution in [2.75, 3.05) is 12.3 Å². The molecule has 24 nitrogen and oxygen atoms in total. The number of aromatic nitrogens is 4. The molecular weight excluding hydrogens is 955 g/mol. The maximum atomic E-state index is 14.5. The monoisotopic (exact) mass is 1030 g/mol. The Bertz CT molecular complexity index is 2220. The quantitative estimate of drug-likeness (QED) is 0.0257. The lowest BCUT2D eigenvalue weighted by molar-refractivity contribution is -0.141. The number of rotatable bonds is 33. The summed E-state index contributed by atoms with van der Waals surface area (Å²) >= 11 is 4.02. The standard InChI is InChI=1S/C47H71N13O11S/c1-26(2)16-33(55-40(63)31(49)13-14-39(61)62)42(65)57-35(18-28-10-6-5-7-11-28)44(67)54-32(12-8-9-15-48)41(64)58-36(19-29-21-50-24-52-29)46(69)59-37(20-30-22-51-25-53-30)45(68)56-34(17-27(3)4)43(66)60-38(23-72)47(70)71/h5-7,10-11,21-22,24-27,31-38,72H,8-9,12-20,23,48-49H2,1-4H3,(H,50,52)(H,51,53)(H,54,67)(H,55,63)(H,56,68)(H,57,65)(H,58,64)(H,59,69)(H,60,66)(H,61,62)(H,70,71)/t31-,32-,33-,34-,35-,36-,37-,38-/m0/s1. The van der Waals surface area contributed by atoms with E-state index in [1.807, 2.05) is 13.8 Å². The number of H-pyrrole nitrogens is 2. The first-order chi connectivity index (χ1) is 34.2. The maximum absolute atomic E-state index is 14.5. The number of nitrogens with zero attached hydrogens (tertiary/aromatic N) is 2. The third-order valence-electron chi connectivity index (χ3n) is 11.2. The molecule has 396 valence electrons. The van der Waals surface area contributed by atoms with Gasteiger partial charge in [-0.3, -0.25) is 38.4 Å². The Morgan fingerprint density at radius 2 is 0.986 bits per heavy atom. The number of carbonyl (C=O) groups is 9. The van der Waals surface area contributed by atoms with Crippen molar-refractivity contribution >= 4 is 65.9 Å². The predicted molar refractivity (Wildman–Crippen MR) is 266 cm³/mol. The van der Waals surface area contributed by atoms with Crippen LogP contribution in [0.1, 0.15) is 89.6 Å². The van der Waals surface area contributed by atoms with E-state index < -0.39 is 102 Å². The van der Waals surface area contributed by atoms with Gasteiger partial charge in [-0.25, -0.2) is 14.8 Å². The molecule has 0 radical (unpaired) electrons. The van der Waals surface area contributed by atoms with Gasteiger partial charge >= 0.3 is 11.9 Å². The molecule has 0 aliphatic heterocycles. The maximum Gasteiger partial charge on any atom is 0.327 e. The Kier molecular flexibility index (Phi) is 25.4. The number of carboxylic acid groups (broad SMARTS) is 2. The van der Waals surface area contributed by atoms with Crippen molar-refractivity contribution in [2.24, 2.45) is 23.3 Å². The van der Waals surface area contributed by atoms with Gasteiger partial charge in [0.1, 0.15) is 42.3 Å². The lowest BCUT2D eigenvalue weighted by atomic mass is 10.00. The molecule has 2 heterocycles. The summed E-state index contributed by atoms with van der Waals surface area (Å²) in [6, 6.07) is -1.64. The summed E-state index contributed by atoms with van der Waals surface area (Å²) in [5.41, 5.74) is 13.2. The van der Waals surface area contributed by atoms with Gasteiger partial charge in [-0.2, -0.15) is 12.6 Å². The average molecular weight is 1030 g/mol. The minimum atomic E-state index is -1.41. The van der Waals surface area contributed by atoms with Gasteiger partial charge in [-0.1, -0.05) is 58.0 Å². The van der Waals surface area contributed by atoms with Gasteiger partial charge in [0.05, 0.1) is 18.7 Å². The second-order valence-electron chi connectivity index (χ2n) is 18.3. The molecule has 1 aromatic carbocycles. The zero-order valence-corrected chi connectivity index (χ0v) is 41.9. The van der Waals surface area contributed by atoms with Gasteiger partial charge in [0.2, 0.25) is 41.4 Å². The summed E-state index contributed by atoms with van der Waals surface area (Å²) in [5.74, 6) is -8.44. The molecule has 25 heteroatoms. The summed E-state index contributed by atoms with van der Waals surface area (Å²) < 4.78 is 0. The van der Waals surface area contributed by atoms with Gasteiger partial charge in [0.25, 0.3) is 0 Å². The van der Waals surface area contributed by atoms with Gasteiger partial charge < -0.3 is 68.9 Å². The van der Waals surface area contributed by atoms with E-state index in [4.69, 9.17) is 16.6 Å². The van der Waals surface area contributed by atoms with Crippen molar-refractivity contribution in [1.29, 1.82) is 0 Å². The van der Waals surface area contributed by atoms with Gasteiger partial charge in [0, 0.05) is 55.2 Å². The molecule has 72 heavy (non-hydrogen) atoms. The van der Waals surface area contributed by atoms with Crippen molar-refractivity contribution < 1.29 is 53.4 Å². The zero-order valence-electron chi connectivity index (χ0n) is 41.0. The lowest BCUT2D eigenvalue weighted by Gasteiger charge is -2.28. The van der Waals surface area contributed by atoms with Crippen LogP contribution in [0.5, 0.6) is 0 Å². The highest BCUT2D eigenvalue weighted by molar-refractivity contribution is 7.80. The Labute approximate surface area is 423 Å². The van der Waals surface area contributed by atoms with Crippen molar-refractivity contribution in [3.63, 3.8) is 0 Å². The van der Waals surface area contributed by atoms with Gasteiger partial charge in [0.15, 0.2) is 0 Å². The number of carbonyl (C=O) groups excluding carboxylic acids is 7. The van der Waals surface area contributed by atoms with Crippen LogP contribution in [-0.2, 0) is 62.4 Å². The zero-order chi connectivity index (χ0) is 53.3. The third-order valence-corrected chi connectivity index (χ3v) is 11.6. The number of aromatic amines is 2. The number of aliphatic carboxylic acids is 2. The van der Waals surface area contributed by atoms with Crippen LogP contribution in [0.4, 0.5) is 0 Å². The van der Waals surface area contributed by atoms with Crippen molar-refractivity contribution in [2.45, 2.75) is 140 Å². The number of imidazole rings is 2.